The van der Waals surface area contributed by atoms with Crippen molar-refractivity contribution in [3.05, 3.63) is 0 Å². The van der Waals surface area contributed by atoms with Crippen LogP contribution in [0.4, 0.5) is 0 Å². The van der Waals surface area contributed by atoms with E-state index in [0.29, 0.717) is 19.4 Å². The predicted octanol–water partition coefficient (Wildman–Crippen LogP) is 2.73. The Morgan fingerprint density at radius 1 is 0.958 bits per heavy atom. The van der Waals surface area contributed by atoms with Crippen molar-refractivity contribution in [1.29, 1.82) is 0 Å². The first-order valence-electron chi connectivity index (χ1n) is 9.13. The van der Waals surface area contributed by atoms with Crippen LogP contribution in [0.5, 0.6) is 0 Å². The Morgan fingerprint density at radius 2 is 1.54 bits per heavy atom. The maximum atomic E-state index is 12.7. The Hall–Kier alpha value is -1.23. The first kappa shape index (κ1) is 22.8. The van der Waals surface area contributed by atoms with Crippen LogP contribution >= 0.6 is 0 Å². The molecule has 24 heavy (non-hydrogen) atoms. The van der Waals surface area contributed by atoms with Crippen LogP contribution < -0.4 is 10.6 Å². The molecule has 0 saturated heterocycles. The number of hydrogen-bond donors (Lipinski definition) is 2. The third-order valence-electron chi connectivity index (χ3n) is 4.05. The van der Waals surface area contributed by atoms with Crippen LogP contribution in [0.3, 0.4) is 0 Å². The lowest BCUT2D eigenvalue weighted by molar-refractivity contribution is -0.131. The summed E-state index contributed by atoms with van der Waals surface area (Å²) >= 11 is 0. The largest absolute Gasteiger partial charge is 0.356 e. The van der Waals surface area contributed by atoms with Crippen molar-refractivity contribution in [3.8, 4) is 0 Å². The van der Waals surface area contributed by atoms with Crippen LogP contribution in [0, 0.1) is 17.8 Å². The second kappa shape index (κ2) is 11.3. The third kappa shape index (κ3) is 9.16. The van der Waals surface area contributed by atoms with Crippen molar-refractivity contribution in [2.75, 3.05) is 6.54 Å². The van der Waals surface area contributed by atoms with Crippen molar-refractivity contribution < 1.29 is 14.4 Å². The van der Waals surface area contributed by atoms with Crippen LogP contribution in [0.15, 0.2) is 0 Å². The third-order valence-corrected chi connectivity index (χ3v) is 4.05. The average Bonchev–Trinajstić information content (AvgIpc) is 2.45. The van der Waals surface area contributed by atoms with Crippen molar-refractivity contribution >= 4 is 17.5 Å². The van der Waals surface area contributed by atoms with Crippen LogP contribution in [0.25, 0.3) is 0 Å². The molecule has 0 aromatic heterocycles. The van der Waals surface area contributed by atoms with Gasteiger partial charge in [0.2, 0.25) is 5.91 Å². The first-order valence-corrected chi connectivity index (χ1v) is 9.13. The Balaban J connectivity index is 4.85. The fourth-order valence-electron chi connectivity index (χ4n) is 2.82. The molecule has 0 radical (unpaired) electrons. The van der Waals surface area contributed by atoms with E-state index in [1.807, 2.05) is 41.5 Å². The monoisotopic (exact) mass is 340 g/mol. The Labute approximate surface area is 147 Å². The maximum absolute atomic E-state index is 12.7. The summed E-state index contributed by atoms with van der Waals surface area (Å²) in [7, 11) is 0. The summed E-state index contributed by atoms with van der Waals surface area (Å²) in [5.41, 5.74) is 0. The normalized spacial score (nSPS) is 14.1. The lowest BCUT2D eigenvalue weighted by atomic mass is 9.84. The molecule has 0 aromatic carbocycles. The molecule has 2 unspecified atom stereocenters. The van der Waals surface area contributed by atoms with E-state index in [9.17, 15) is 14.4 Å². The van der Waals surface area contributed by atoms with Gasteiger partial charge in [-0.05, 0) is 18.8 Å². The molecule has 0 spiro atoms. The standard InChI is InChI=1S/C19H36N2O3/c1-12(2)18(21-14(5)6)17(23)11-16(19(24)13(3)4)9-8-10-20-15(7)22/h12-14,16,18,21H,8-11H2,1-7H3,(H,20,22). The van der Waals surface area contributed by atoms with Gasteiger partial charge in [0.1, 0.15) is 5.78 Å². The van der Waals surface area contributed by atoms with Gasteiger partial charge in [-0.15, -0.1) is 0 Å². The van der Waals surface area contributed by atoms with Crippen LogP contribution in [0.1, 0.15) is 67.7 Å². The Bertz CT molecular complexity index is 417. The highest BCUT2D eigenvalue weighted by Crippen LogP contribution is 2.20. The number of ketones is 2. The molecule has 0 bridgehead atoms. The lowest BCUT2D eigenvalue weighted by Crippen LogP contribution is -2.45. The van der Waals surface area contributed by atoms with Gasteiger partial charge in [0, 0.05) is 37.8 Å². The zero-order valence-electron chi connectivity index (χ0n) is 16.4. The number of Topliss-reactive ketones (excluding diaryl/α,β-unsaturated/α-hetero) is 2. The summed E-state index contributed by atoms with van der Waals surface area (Å²) in [6, 6.07) is 0.00294. The number of hydrogen-bond acceptors (Lipinski definition) is 4. The van der Waals surface area contributed by atoms with Gasteiger partial charge in [0.05, 0.1) is 6.04 Å². The molecule has 2 N–H and O–H groups in total. The molecule has 0 aliphatic heterocycles. The van der Waals surface area contributed by atoms with Crippen molar-refractivity contribution in [2.24, 2.45) is 17.8 Å². The molecular weight excluding hydrogens is 304 g/mol. The van der Waals surface area contributed by atoms with Gasteiger partial charge in [-0.3, -0.25) is 14.4 Å². The molecule has 0 aliphatic rings. The van der Waals surface area contributed by atoms with Crippen molar-refractivity contribution in [1.82, 2.24) is 10.6 Å². The van der Waals surface area contributed by atoms with Gasteiger partial charge in [0.25, 0.3) is 0 Å². The maximum Gasteiger partial charge on any atom is 0.216 e. The van der Waals surface area contributed by atoms with E-state index >= 15 is 0 Å². The molecule has 0 aliphatic carbocycles. The molecule has 140 valence electrons. The number of carbonyl (C=O) groups is 3. The molecule has 5 nitrogen and oxygen atoms in total. The molecule has 5 heteroatoms. The zero-order chi connectivity index (χ0) is 18.9. The van der Waals surface area contributed by atoms with E-state index < -0.39 is 0 Å². The van der Waals surface area contributed by atoms with E-state index in [0.717, 1.165) is 0 Å². The molecule has 0 saturated carbocycles. The summed E-state index contributed by atoms with van der Waals surface area (Å²) in [5.74, 6) is 0.0175. The quantitative estimate of drug-likeness (QED) is 0.536. The van der Waals surface area contributed by atoms with Crippen LogP contribution in [-0.4, -0.2) is 36.1 Å². The average molecular weight is 341 g/mol. The van der Waals surface area contributed by atoms with E-state index in [2.05, 4.69) is 10.6 Å². The van der Waals surface area contributed by atoms with Gasteiger partial charge >= 0.3 is 0 Å². The smallest absolute Gasteiger partial charge is 0.216 e. The SMILES string of the molecule is CC(=O)NCCCC(CC(=O)C(NC(C)C)C(C)C)C(=O)C(C)C. The second-order valence-corrected chi connectivity index (χ2v) is 7.59. The highest BCUT2D eigenvalue weighted by molar-refractivity contribution is 5.91. The molecule has 2 atom stereocenters. The Kier molecular flexibility index (Phi) is 10.8. The minimum absolute atomic E-state index is 0.0705. The topological polar surface area (TPSA) is 75.3 Å². The van der Waals surface area contributed by atoms with Crippen molar-refractivity contribution in [2.45, 2.75) is 79.8 Å². The van der Waals surface area contributed by atoms with Gasteiger partial charge in [-0.25, -0.2) is 0 Å². The highest BCUT2D eigenvalue weighted by atomic mass is 16.1. The highest BCUT2D eigenvalue weighted by Gasteiger charge is 2.29. The molecule has 0 fully saturated rings. The summed E-state index contributed by atoms with van der Waals surface area (Å²) in [5, 5.41) is 6.06. The van der Waals surface area contributed by atoms with E-state index in [4.69, 9.17) is 0 Å². The van der Waals surface area contributed by atoms with Crippen LogP contribution in [-0.2, 0) is 14.4 Å². The molecular formula is C19H36N2O3. The van der Waals surface area contributed by atoms with E-state index in [1.54, 1.807) is 0 Å². The second-order valence-electron chi connectivity index (χ2n) is 7.59. The fraction of sp³-hybridized carbons (Fsp3) is 0.842. The molecule has 0 aromatic rings. The summed E-state index contributed by atoms with van der Waals surface area (Å²) in [6.45, 7) is 13.9. The van der Waals surface area contributed by atoms with E-state index in [-0.39, 0.29) is 53.7 Å². The van der Waals surface area contributed by atoms with Crippen molar-refractivity contribution in [3.63, 3.8) is 0 Å². The van der Waals surface area contributed by atoms with Gasteiger partial charge in [-0.1, -0.05) is 41.5 Å². The number of carbonyl (C=O) groups excluding carboxylic acids is 3. The Morgan fingerprint density at radius 3 is 1.96 bits per heavy atom. The zero-order valence-corrected chi connectivity index (χ0v) is 16.4. The van der Waals surface area contributed by atoms with Gasteiger partial charge in [-0.2, -0.15) is 0 Å². The summed E-state index contributed by atoms with van der Waals surface area (Å²) in [6.07, 6.45) is 1.62. The first-order chi connectivity index (χ1) is 11.1. The van der Waals surface area contributed by atoms with E-state index in [1.165, 1.54) is 6.92 Å². The van der Waals surface area contributed by atoms with Gasteiger partial charge < -0.3 is 10.6 Å². The molecule has 0 rings (SSSR count). The molecule has 0 heterocycles. The summed E-state index contributed by atoms with van der Waals surface area (Å²) in [4.78, 5) is 36.1. The minimum atomic E-state index is -0.263. The van der Waals surface area contributed by atoms with Crippen LogP contribution in [0.2, 0.25) is 0 Å². The predicted molar refractivity (Wildman–Crippen MR) is 97.8 cm³/mol. The minimum Gasteiger partial charge on any atom is -0.356 e. The lowest BCUT2D eigenvalue weighted by Gasteiger charge is -2.26. The summed E-state index contributed by atoms with van der Waals surface area (Å²) < 4.78 is 0. The fourth-order valence-corrected chi connectivity index (χ4v) is 2.82. The number of amides is 1. The molecule has 1 amide bonds. The number of rotatable bonds is 12. The number of nitrogens with one attached hydrogen (secondary N) is 2. The van der Waals surface area contributed by atoms with Gasteiger partial charge in [0.15, 0.2) is 5.78 Å².